The zero-order valence-corrected chi connectivity index (χ0v) is 16.1. The van der Waals surface area contributed by atoms with E-state index in [0.29, 0.717) is 5.95 Å². The van der Waals surface area contributed by atoms with Crippen molar-refractivity contribution >= 4 is 23.3 Å². The molecule has 7 heteroatoms. The number of rotatable bonds is 5. The first kappa shape index (κ1) is 18.9. The molecule has 0 unspecified atom stereocenters. The van der Waals surface area contributed by atoms with Gasteiger partial charge in [-0.05, 0) is 48.9 Å². The van der Waals surface area contributed by atoms with Gasteiger partial charge in [0.2, 0.25) is 5.95 Å². The number of hydrogen-bond acceptors (Lipinski definition) is 6. The molecule has 2 aromatic carbocycles. The summed E-state index contributed by atoms with van der Waals surface area (Å²) in [5.41, 5.74) is 5.01. The number of aryl methyl sites for hydroxylation is 1. The van der Waals surface area contributed by atoms with Gasteiger partial charge in [-0.1, -0.05) is 12.1 Å². The maximum Gasteiger partial charge on any atom is 0.335 e. The standard InChI is InChI=1S/C22H22N4O3/c1-15-14-23-22(24-18-6-2-17(3-7-18)21(27)28)25-20(15)16-4-8-19(9-5-16)26-10-12-29-13-11-26/h2-9,14H,10-13H2,1H3,(H,27,28)(H,23,24,25). The predicted molar refractivity (Wildman–Crippen MR) is 112 cm³/mol. The molecule has 0 amide bonds. The number of carboxylic acids is 1. The summed E-state index contributed by atoms with van der Waals surface area (Å²) >= 11 is 0. The van der Waals surface area contributed by atoms with Crippen LogP contribution in [0.4, 0.5) is 17.3 Å². The Morgan fingerprint density at radius 2 is 1.76 bits per heavy atom. The van der Waals surface area contributed by atoms with E-state index < -0.39 is 5.97 Å². The maximum atomic E-state index is 11.0. The molecule has 3 aromatic rings. The van der Waals surface area contributed by atoms with Gasteiger partial charge in [-0.15, -0.1) is 0 Å². The van der Waals surface area contributed by atoms with Gasteiger partial charge in [-0.2, -0.15) is 0 Å². The minimum Gasteiger partial charge on any atom is -0.478 e. The summed E-state index contributed by atoms with van der Waals surface area (Å²) in [4.78, 5) is 22.3. The largest absolute Gasteiger partial charge is 0.478 e. The first-order chi connectivity index (χ1) is 14.1. The van der Waals surface area contributed by atoms with E-state index in [1.54, 1.807) is 30.5 Å². The van der Waals surface area contributed by atoms with Crippen LogP contribution in [-0.2, 0) is 4.74 Å². The number of benzene rings is 2. The van der Waals surface area contributed by atoms with Crippen LogP contribution in [0, 0.1) is 6.92 Å². The number of ether oxygens (including phenoxy) is 1. The highest BCUT2D eigenvalue weighted by atomic mass is 16.5. The zero-order valence-electron chi connectivity index (χ0n) is 16.1. The number of anilines is 3. The highest BCUT2D eigenvalue weighted by molar-refractivity contribution is 5.88. The van der Waals surface area contributed by atoms with Crippen molar-refractivity contribution in [2.24, 2.45) is 0 Å². The molecule has 2 N–H and O–H groups in total. The van der Waals surface area contributed by atoms with E-state index in [1.807, 2.05) is 6.92 Å². The summed E-state index contributed by atoms with van der Waals surface area (Å²) in [6.45, 7) is 5.31. The summed E-state index contributed by atoms with van der Waals surface area (Å²) in [5, 5.41) is 12.1. The lowest BCUT2D eigenvalue weighted by Gasteiger charge is -2.28. The van der Waals surface area contributed by atoms with E-state index in [4.69, 9.17) is 9.84 Å². The second-order valence-electron chi connectivity index (χ2n) is 6.88. The minimum absolute atomic E-state index is 0.237. The van der Waals surface area contributed by atoms with Crippen LogP contribution >= 0.6 is 0 Å². The second-order valence-corrected chi connectivity index (χ2v) is 6.88. The monoisotopic (exact) mass is 390 g/mol. The molecular weight excluding hydrogens is 368 g/mol. The number of nitrogens with one attached hydrogen (secondary N) is 1. The van der Waals surface area contributed by atoms with Crippen LogP contribution in [0.15, 0.2) is 54.7 Å². The minimum atomic E-state index is -0.953. The van der Waals surface area contributed by atoms with Gasteiger partial charge in [0.15, 0.2) is 0 Å². The molecule has 0 spiro atoms. The molecule has 1 fully saturated rings. The number of carboxylic acid groups (broad SMARTS) is 1. The molecule has 2 heterocycles. The lowest BCUT2D eigenvalue weighted by molar-refractivity contribution is 0.0697. The first-order valence-electron chi connectivity index (χ1n) is 9.47. The number of hydrogen-bond donors (Lipinski definition) is 2. The topological polar surface area (TPSA) is 87.6 Å². The van der Waals surface area contributed by atoms with Gasteiger partial charge in [0, 0.05) is 36.2 Å². The molecule has 0 atom stereocenters. The Bertz CT molecular complexity index is 998. The smallest absolute Gasteiger partial charge is 0.335 e. The molecule has 1 aliphatic heterocycles. The van der Waals surface area contributed by atoms with Crippen LogP contribution < -0.4 is 10.2 Å². The highest BCUT2D eigenvalue weighted by Gasteiger charge is 2.12. The lowest BCUT2D eigenvalue weighted by atomic mass is 10.1. The number of aromatic carboxylic acids is 1. The molecular formula is C22H22N4O3. The molecule has 1 aliphatic rings. The van der Waals surface area contributed by atoms with E-state index in [1.165, 1.54) is 5.69 Å². The van der Waals surface area contributed by atoms with Gasteiger partial charge in [-0.25, -0.2) is 14.8 Å². The average Bonchev–Trinajstić information content (AvgIpc) is 2.76. The number of aromatic nitrogens is 2. The Morgan fingerprint density at radius 3 is 2.41 bits per heavy atom. The zero-order chi connectivity index (χ0) is 20.2. The highest BCUT2D eigenvalue weighted by Crippen LogP contribution is 2.26. The Morgan fingerprint density at radius 1 is 1.07 bits per heavy atom. The first-order valence-corrected chi connectivity index (χ1v) is 9.47. The fraction of sp³-hybridized carbons (Fsp3) is 0.227. The Balaban J connectivity index is 1.54. The second kappa shape index (κ2) is 8.28. The van der Waals surface area contributed by atoms with Gasteiger partial charge in [0.05, 0.1) is 24.5 Å². The molecule has 0 bridgehead atoms. The van der Waals surface area contributed by atoms with Crippen LogP contribution in [0.1, 0.15) is 15.9 Å². The Kier molecular flexibility index (Phi) is 5.39. The lowest BCUT2D eigenvalue weighted by Crippen LogP contribution is -2.36. The van der Waals surface area contributed by atoms with Gasteiger partial charge >= 0.3 is 5.97 Å². The van der Waals surface area contributed by atoms with Crippen LogP contribution in [-0.4, -0.2) is 47.3 Å². The third-order valence-corrected chi connectivity index (χ3v) is 4.88. The molecule has 29 heavy (non-hydrogen) atoms. The van der Waals surface area contributed by atoms with Crippen molar-refractivity contribution in [3.05, 3.63) is 65.9 Å². The van der Waals surface area contributed by atoms with Gasteiger partial charge in [0.1, 0.15) is 0 Å². The molecule has 1 saturated heterocycles. The molecule has 0 aliphatic carbocycles. The van der Waals surface area contributed by atoms with E-state index >= 15 is 0 Å². The SMILES string of the molecule is Cc1cnc(Nc2ccc(C(=O)O)cc2)nc1-c1ccc(N2CCOCC2)cc1. The third-order valence-electron chi connectivity index (χ3n) is 4.88. The molecule has 7 nitrogen and oxygen atoms in total. The van der Waals surface area contributed by atoms with Crippen LogP contribution in [0.3, 0.4) is 0 Å². The quantitative estimate of drug-likeness (QED) is 0.686. The van der Waals surface area contributed by atoms with Crippen LogP contribution in [0.25, 0.3) is 11.3 Å². The number of morpholine rings is 1. The van der Waals surface area contributed by atoms with E-state index in [0.717, 1.165) is 48.8 Å². The maximum absolute atomic E-state index is 11.0. The van der Waals surface area contributed by atoms with Crippen LogP contribution in [0.5, 0.6) is 0 Å². The molecule has 148 valence electrons. The van der Waals surface area contributed by atoms with Crippen molar-refractivity contribution in [1.82, 2.24) is 9.97 Å². The number of carbonyl (C=O) groups is 1. The molecule has 4 rings (SSSR count). The van der Waals surface area contributed by atoms with Crippen LogP contribution in [0.2, 0.25) is 0 Å². The van der Waals surface area contributed by atoms with Crippen molar-refractivity contribution in [3.8, 4) is 11.3 Å². The van der Waals surface area contributed by atoms with Gasteiger partial charge in [-0.3, -0.25) is 0 Å². The predicted octanol–water partition coefficient (Wildman–Crippen LogP) is 3.73. The van der Waals surface area contributed by atoms with E-state index in [2.05, 4.69) is 44.5 Å². The average molecular weight is 390 g/mol. The molecule has 0 saturated carbocycles. The fourth-order valence-corrected chi connectivity index (χ4v) is 3.27. The van der Waals surface area contributed by atoms with Crippen molar-refractivity contribution in [2.75, 3.05) is 36.5 Å². The van der Waals surface area contributed by atoms with E-state index in [-0.39, 0.29) is 5.56 Å². The van der Waals surface area contributed by atoms with Crippen molar-refractivity contribution in [2.45, 2.75) is 6.92 Å². The van der Waals surface area contributed by atoms with Crippen molar-refractivity contribution < 1.29 is 14.6 Å². The normalized spacial score (nSPS) is 13.9. The summed E-state index contributed by atoms with van der Waals surface area (Å²) in [6.07, 6.45) is 1.78. The summed E-state index contributed by atoms with van der Waals surface area (Å²) in [6, 6.07) is 14.9. The van der Waals surface area contributed by atoms with Gasteiger partial charge in [0.25, 0.3) is 0 Å². The summed E-state index contributed by atoms with van der Waals surface area (Å²) < 4.78 is 5.42. The van der Waals surface area contributed by atoms with Crippen molar-refractivity contribution in [1.29, 1.82) is 0 Å². The fourth-order valence-electron chi connectivity index (χ4n) is 3.27. The third kappa shape index (κ3) is 4.35. The van der Waals surface area contributed by atoms with E-state index in [9.17, 15) is 4.79 Å². The Labute approximate surface area is 169 Å². The Hall–Kier alpha value is -3.45. The number of nitrogens with zero attached hydrogens (tertiary/aromatic N) is 3. The summed E-state index contributed by atoms with van der Waals surface area (Å²) in [7, 11) is 0. The molecule has 0 radical (unpaired) electrons. The molecule has 1 aromatic heterocycles. The summed E-state index contributed by atoms with van der Waals surface area (Å²) in [5.74, 6) is -0.489. The van der Waals surface area contributed by atoms with Gasteiger partial charge < -0.3 is 20.1 Å². The van der Waals surface area contributed by atoms with Crippen molar-refractivity contribution in [3.63, 3.8) is 0 Å².